The molecule has 31 heavy (non-hydrogen) atoms. The molecule has 1 rings (SSSR count). The Balaban J connectivity index is 2.38. The van der Waals surface area contributed by atoms with Gasteiger partial charge >= 0.3 is 0 Å². The van der Waals surface area contributed by atoms with Gasteiger partial charge in [0, 0.05) is 11.6 Å². The van der Waals surface area contributed by atoms with Gasteiger partial charge in [0.25, 0.3) is 0 Å². The number of unbranched alkanes of at least 4 members (excludes halogenated alkanes) is 2. The number of nitrogens with one attached hydrogen (secondary N) is 4. The number of hydrogen-bond donors (Lipinski definition) is 7. The predicted molar refractivity (Wildman–Crippen MR) is 132 cm³/mol. The van der Waals surface area contributed by atoms with Crippen molar-refractivity contribution in [1.29, 1.82) is 0 Å². The van der Waals surface area contributed by atoms with Crippen LogP contribution in [0.5, 0.6) is 0 Å². The lowest BCUT2D eigenvalue weighted by molar-refractivity contribution is 0.0186. The van der Waals surface area contributed by atoms with Crippen LogP contribution in [0.3, 0.4) is 0 Å². The lowest BCUT2D eigenvalue weighted by atomic mass is 9.94. The highest BCUT2D eigenvalue weighted by molar-refractivity contribution is 5.33. The molecule has 2 atom stereocenters. The van der Waals surface area contributed by atoms with Gasteiger partial charge in [0.1, 0.15) is 5.72 Å². The topological polar surface area (TPSA) is 120 Å². The molecule has 0 amide bonds. The van der Waals surface area contributed by atoms with Gasteiger partial charge in [0.15, 0.2) is 0 Å². The first-order chi connectivity index (χ1) is 15.0. The molecular formula is C24H48N6O. The Morgan fingerprint density at radius 2 is 1.32 bits per heavy atom. The fraction of sp³-hybridized carbons (Fsp3) is 0.750. The van der Waals surface area contributed by atoms with Crippen molar-refractivity contribution in [2.24, 2.45) is 11.5 Å². The highest BCUT2D eigenvalue weighted by Crippen LogP contribution is 2.26. The van der Waals surface area contributed by atoms with Crippen LogP contribution in [0.1, 0.15) is 69.5 Å². The van der Waals surface area contributed by atoms with Gasteiger partial charge in [-0.15, -0.1) is 0 Å². The minimum Gasteiger partial charge on any atom is -0.372 e. The van der Waals surface area contributed by atoms with Crippen molar-refractivity contribution in [3.05, 3.63) is 35.4 Å². The van der Waals surface area contributed by atoms with E-state index in [1.807, 2.05) is 25.1 Å². The van der Waals surface area contributed by atoms with E-state index in [-0.39, 0.29) is 6.04 Å². The SMILES string of the molecule is CC(NCCCCNCCCN)c1ccccc1C(C)(O)NCCCCNCCCN. The monoisotopic (exact) mass is 436 g/mol. The summed E-state index contributed by atoms with van der Waals surface area (Å²) in [6, 6.07) is 8.36. The first-order valence-corrected chi connectivity index (χ1v) is 12.1. The lowest BCUT2D eigenvalue weighted by Gasteiger charge is -2.30. The molecule has 9 N–H and O–H groups in total. The standard InChI is InChI=1S/C24H48N6O/c1-21(29-19-7-5-15-27-17-9-13-25)22-11-3-4-12-23(22)24(2,31)30-20-8-6-16-28-18-10-14-26/h3-4,11-12,21,27-31H,5-10,13-20,25-26H2,1-2H3. The van der Waals surface area contributed by atoms with Crippen LogP contribution in [0.25, 0.3) is 0 Å². The third kappa shape index (κ3) is 12.5. The van der Waals surface area contributed by atoms with E-state index in [4.69, 9.17) is 11.5 Å². The number of nitrogens with two attached hydrogens (primary N) is 2. The summed E-state index contributed by atoms with van der Waals surface area (Å²) in [6.07, 6.45) is 6.41. The summed E-state index contributed by atoms with van der Waals surface area (Å²) >= 11 is 0. The van der Waals surface area contributed by atoms with Crippen molar-refractivity contribution in [3.8, 4) is 0 Å². The average molecular weight is 437 g/mol. The number of hydrogen-bond acceptors (Lipinski definition) is 7. The van der Waals surface area contributed by atoms with E-state index < -0.39 is 5.72 Å². The van der Waals surface area contributed by atoms with Gasteiger partial charge in [-0.05, 0) is 110 Å². The Bertz CT molecular complexity index is 555. The molecular weight excluding hydrogens is 388 g/mol. The van der Waals surface area contributed by atoms with Crippen LogP contribution in [-0.2, 0) is 5.72 Å². The van der Waals surface area contributed by atoms with E-state index in [1.54, 1.807) is 0 Å². The van der Waals surface area contributed by atoms with Crippen molar-refractivity contribution >= 4 is 0 Å². The molecule has 0 heterocycles. The average Bonchev–Trinajstić information content (AvgIpc) is 2.77. The number of benzene rings is 1. The van der Waals surface area contributed by atoms with Crippen molar-refractivity contribution in [2.45, 2.75) is 64.1 Å². The molecule has 0 radical (unpaired) electrons. The molecule has 0 aliphatic rings. The Morgan fingerprint density at radius 3 is 1.94 bits per heavy atom. The van der Waals surface area contributed by atoms with Gasteiger partial charge in [0.05, 0.1) is 0 Å². The van der Waals surface area contributed by atoms with Crippen LogP contribution in [0.2, 0.25) is 0 Å². The second kappa shape index (κ2) is 17.5. The maximum absolute atomic E-state index is 11.1. The molecule has 0 aliphatic heterocycles. The molecule has 0 aliphatic carbocycles. The molecule has 1 aromatic rings. The van der Waals surface area contributed by atoms with E-state index in [9.17, 15) is 5.11 Å². The third-order valence-corrected chi connectivity index (χ3v) is 5.55. The molecule has 7 heteroatoms. The van der Waals surface area contributed by atoms with Gasteiger partial charge < -0.3 is 32.5 Å². The summed E-state index contributed by atoms with van der Waals surface area (Å²) in [5.74, 6) is 0. The van der Waals surface area contributed by atoms with E-state index in [0.717, 1.165) is 102 Å². The maximum Gasteiger partial charge on any atom is 0.139 e. The Morgan fingerprint density at radius 1 is 0.806 bits per heavy atom. The summed E-state index contributed by atoms with van der Waals surface area (Å²) in [7, 11) is 0. The minimum atomic E-state index is -1.05. The normalized spacial score (nSPS) is 14.5. The summed E-state index contributed by atoms with van der Waals surface area (Å²) in [5.41, 5.74) is 12.0. The van der Waals surface area contributed by atoms with Crippen LogP contribution in [0, 0.1) is 0 Å². The van der Waals surface area contributed by atoms with Crippen LogP contribution in [0.4, 0.5) is 0 Å². The van der Waals surface area contributed by atoms with Gasteiger partial charge in [-0.2, -0.15) is 0 Å². The van der Waals surface area contributed by atoms with Crippen LogP contribution >= 0.6 is 0 Å². The van der Waals surface area contributed by atoms with Crippen LogP contribution in [-0.4, -0.2) is 57.5 Å². The lowest BCUT2D eigenvalue weighted by Crippen LogP contribution is -2.41. The molecule has 1 aromatic carbocycles. The van der Waals surface area contributed by atoms with Gasteiger partial charge in [-0.1, -0.05) is 24.3 Å². The second-order valence-electron chi connectivity index (χ2n) is 8.46. The summed E-state index contributed by atoms with van der Waals surface area (Å²) in [6.45, 7) is 11.2. The Hall–Kier alpha value is -1.06. The first-order valence-electron chi connectivity index (χ1n) is 12.1. The number of aliphatic hydroxyl groups is 1. The summed E-state index contributed by atoms with van der Waals surface area (Å²) < 4.78 is 0. The zero-order valence-corrected chi connectivity index (χ0v) is 19.9. The highest BCUT2D eigenvalue weighted by atomic mass is 16.3. The predicted octanol–water partition coefficient (Wildman–Crippen LogP) is 1.53. The summed E-state index contributed by atoms with van der Waals surface area (Å²) in [5, 5.41) is 24.9. The fourth-order valence-electron chi connectivity index (χ4n) is 3.63. The maximum atomic E-state index is 11.1. The molecule has 0 saturated carbocycles. The Kier molecular flexibility index (Phi) is 15.8. The molecule has 0 aromatic heterocycles. The molecule has 0 fully saturated rings. The van der Waals surface area contributed by atoms with E-state index in [0.29, 0.717) is 0 Å². The van der Waals surface area contributed by atoms with Crippen LogP contribution in [0.15, 0.2) is 24.3 Å². The van der Waals surface area contributed by atoms with E-state index >= 15 is 0 Å². The molecule has 7 nitrogen and oxygen atoms in total. The number of rotatable bonds is 20. The van der Waals surface area contributed by atoms with Crippen molar-refractivity contribution in [3.63, 3.8) is 0 Å². The van der Waals surface area contributed by atoms with Crippen LogP contribution < -0.4 is 32.7 Å². The quantitative estimate of drug-likeness (QED) is 0.122. The molecule has 0 spiro atoms. The molecule has 180 valence electrons. The molecule has 2 unspecified atom stereocenters. The molecule has 0 saturated heterocycles. The fourth-order valence-corrected chi connectivity index (χ4v) is 3.63. The van der Waals surface area contributed by atoms with Gasteiger partial charge in [-0.3, -0.25) is 5.32 Å². The zero-order valence-electron chi connectivity index (χ0n) is 19.9. The minimum absolute atomic E-state index is 0.182. The smallest absolute Gasteiger partial charge is 0.139 e. The van der Waals surface area contributed by atoms with E-state index in [1.165, 1.54) is 0 Å². The Labute approximate surface area is 190 Å². The third-order valence-electron chi connectivity index (χ3n) is 5.55. The second-order valence-corrected chi connectivity index (χ2v) is 8.46. The first kappa shape index (κ1) is 28.0. The van der Waals surface area contributed by atoms with E-state index in [2.05, 4.69) is 34.3 Å². The highest BCUT2D eigenvalue weighted by Gasteiger charge is 2.26. The largest absolute Gasteiger partial charge is 0.372 e. The van der Waals surface area contributed by atoms with Gasteiger partial charge in [0.2, 0.25) is 0 Å². The summed E-state index contributed by atoms with van der Waals surface area (Å²) in [4.78, 5) is 0. The van der Waals surface area contributed by atoms with Crippen molar-refractivity contribution < 1.29 is 5.11 Å². The molecule has 0 bridgehead atoms. The zero-order chi connectivity index (χ0) is 22.8. The van der Waals surface area contributed by atoms with Crippen molar-refractivity contribution in [1.82, 2.24) is 21.3 Å². The van der Waals surface area contributed by atoms with Crippen molar-refractivity contribution in [2.75, 3.05) is 52.4 Å². The van der Waals surface area contributed by atoms with Gasteiger partial charge in [-0.25, -0.2) is 0 Å².